The van der Waals surface area contributed by atoms with Crippen LogP contribution in [0, 0.1) is 0 Å². The van der Waals surface area contributed by atoms with Crippen LogP contribution in [0.5, 0.6) is 0 Å². The van der Waals surface area contributed by atoms with Crippen LogP contribution in [0.1, 0.15) is 31.5 Å². The van der Waals surface area contributed by atoms with Crippen LogP contribution in [-0.4, -0.2) is 32.2 Å². The molecular weight excluding hydrogens is 238 g/mol. The van der Waals surface area contributed by atoms with Crippen LogP contribution in [0.3, 0.4) is 0 Å². The van der Waals surface area contributed by atoms with Gasteiger partial charge in [0.05, 0.1) is 0 Å². The van der Waals surface area contributed by atoms with Crippen molar-refractivity contribution in [2.45, 2.75) is 31.7 Å². The molecule has 17 heavy (non-hydrogen) atoms. The number of nitrogens with one attached hydrogen (secondary N) is 2. The van der Waals surface area contributed by atoms with E-state index in [9.17, 15) is 9.00 Å². The molecule has 2 atom stereocenters. The standard InChI is InChI=1S/C11H17N3O2S/c1-7(6-17(2)16)12-9-5-10(15)14-11(13-9)8-3-4-8/h5,7-8H,3-4,6H2,1-2H3,(H2,12,13,14,15). The van der Waals surface area contributed by atoms with Crippen LogP contribution in [0.4, 0.5) is 5.82 Å². The van der Waals surface area contributed by atoms with E-state index in [0.717, 1.165) is 18.7 Å². The molecule has 5 nitrogen and oxygen atoms in total. The number of hydrogen-bond acceptors (Lipinski definition) is 4. The lowest BCUT2D eigenvalue weighted by atomic mass is 10.3. The van der Waals surface area contributed by atoms with Gasteiger partial charge in [0.15, 0.2) is 0 Å². The first-order valence-corrected chi connectivity index (χ1v) is 7.45. The molecule has 0 aliphatic heterocycles. The zero-order valence-electron chi connectivity index (χ0n) is 10.0. The highest BCUT2D eigenvalue weighted by Gasteiger charge is 2.26. The second-order valence-electron chi connectivity index (χ2n) is 4.58. The fourth-order valence-corrected chi connectivity index (χ4v) is 2.53. The minimum Gasteiger partial charge on any atom is -0.366 e. The lowest BCUT2D eigenvalue weighted by Gasteiger charge is -2.13. The summed E-state index contributed by atoms with van der Waals surface area (Å²) in [6.07, 6.45) is 3.86. The molecule has 2 unspecified atom stereocenters. The maximum atomic E-state index is 11.5. The van der Waals surface area contributed by atoms with Crippen LogP contribution in [0.15, 0.2) is 10.9 Å². The Balaban J connectivity index is 2.09. The van der Waals surface area contributed by atoms with Gasteiger partial charge in [-0.3, -0.25) is 9.00 Å². The molecule has 1 aliphatic carbocycles. The van der Waals surface area contributed by atoms with Gasteiger partial charge in [0.2, 0.25) is 0 Å². The van der Waals surface area contributed by atoms with Crippen molar-refractivity contribution >= 4 is 16.6 Å². The number of aromatic nitrogens is 2. The van der Waals surface area contributed by atoms with Crippen LogP contribution < -0.4 is 10.9 Å². The molecule has 1 fully saturated rings. The van der Waals surface area contributed by atoms with Gasteiger partial charge in [-0.1, -0.05) is 0 Å². The normalized spacial score (nSPS) is 18.7. The average molecular weight is 255 g/mol. The van der Waals surface area contributed by atoms with E-state index in [2.05, 4.69) is 15.3 Å². The summed E-state index contributed by atoms with van der Waals surface area (Å²) < 4.78 is 11.1. The topological polar surface area (TPSA) is 74.8 Å². The summed E-state index contributed by atoms with van der Waals surface area (Å²) in [5.74, 6) is 2.31. The van der Waals surface area contributed by atoms with Gasteiger partial charge in [0.25, 0.3) is 5.56 Å². The smallest absolute Gasteiger partial charge is 0.252 e. The first kappa shape index (κ1) is 12.3. The summed E-state index contributed by atoms with van der Waals surface area (Å²) in [4.78, 5) is 18.6. The number of anilines is 1. The molecule has 94 valence electrons. The van der Waals surface area contributed by atoms with Crippen molar-refractivity contribution in [3.05, 3.63) is 22.2 Å². The molecule has 0 radical (unpaired) electrons. The van der Waals surface area contributed by atoms with Gasteiger partial charge in [-0.2, -0.15) is 0 Å². The Kier molecular flexibility index (Phi) is 3.61. The summed E-state index contributed by atoms with van der Waals surface area (Å²) in [5.41, 5.74) is -0.130. The van der Waals surface area contributed by atoms with Crippen LogP contribution >= 0.6 is 0 Å². The third-order valence-corrected chi connectivity index (χ3v) is 3.57. The maximum Gasteiger partial charge on any atom is 0.252 e. The second kappa shape index (κ2) is 5.00. The molecule has 6 heteroatoms. The first-order chi connectivity index (χ1) is 8.04. The van der Waals surface area contributed by atoms with Crippen molar-refractivity contribution in [3.8, 4) is 0 Å². The predicted octanol–water partition coefficient (Wildman–Crippen LogP) is 0.826. The van der Waals surface area contributed by atoms with Crippen LogP contribution in [0.2, 0.25) is 0 Å². The Morgan fingerprint density at radius 2 is 2.35 bits per heavy atom. The molecule has 1 heterocycles. The number of H-pyrrole nitrogens is 1. The Morgan fingerprint density at radius 1 is 1.65 bits per heavy atom. The lowest BCUT2D eigenvalue weighted by Crippen LogP contribution is -2.24. The number of nitrogens with zero attached hydrogens (tertiary/aromatic N) is 1. The van der Waals surface area contributed by atoms with Gasteiger partial charge in [0.1, 0.15) is 11.6 Å². The van der Waals surface area contributed by atoms with Gasteiger partial charge in [-0.05, 0) is 19.8 Å². The Morgan fingerprint density at radius 3 is 2.94 bits per heavy atom. The molecule has 1 aromatic heterocycles. The largest absolute Gasteiger partial charge is 0.366 e. The molecule has 0 amide bonds. The highest BCUT2D eigenvalue weighted by atomic mass is 32.2. The first-order valence-electron chi connectivity index (χ1n) is 5.72. The number of aromatic amines is 1. The van der Waals surface area contributed by atoms with Crippen molar-refractivity contribution in [1.29, 1.82) is 0 Å². The SMILES string of the molecule is CC(CS(C)=O)Nc1cc(=O)[nH]c(C2CC2)n1. The molecule has 0 saturated heterocycles. The van der Waals surface area contributed by atoms with Gasteiger partial charge < -0.3 is 10.3 Å². The highest BCUT2D eigenvalue weighted by Crippen LogP contribution is 2.37. The second-order valence-corrected chi connectivity index (χ2v) is 6.06. The summed E-state index contributed by atoms with van der Waals surface area (Å²) in [6.45, 7) is 1.93. The summed E-state index contributed by atoms with van der Waals surface area (Å²) in [5, 5.41) is 3.11. The summed E-state index contributed by atoms with van der Waals surface area (Å²) >= 11 is 0. The van der Waals surface area contributed by atoms with E-state index in [1.165, 1.54) is 6.07 Å². The quantitative estimate of drug-likeness (QED) is 0.817. The van der Waals surface area contributed by atoms with E-state index >= 15 is 0 Å². The zero-order chi connectivity index (χ0) is 12.4. The zero-order valence-corrected chi connectivity index (χ0v) is 10.8. The van der Waals surface area contributed by atoms with E-state index < -0.39 is 10.8 Å². The summed E-state index contributed by atoms with van der Waals surface area (Å²) in [6, 6.07) is 1.49. The Labute approximate surface area is 103 Å². The van der Waals surface area contributed by atoms with E-state index in [1.807, 2.05) is 6.92 Å². The highest BCUT2D eigenvalue weighted by molar-refractivity contribution is 7.84. The van der Waals surface area contributed by atoms with Gasteiger partial charge in [-0.25, -0.2) is 4.98 Å². The van der Waals surface area contributed by atoms with Crippen molar-refractivity contribution in [3.63, 3.8) is 0 Å². The molecule has 2 N–H and O–H groups in total. The number of hydrogen-bond donors (Lipinski definition) is 2. The van der Waals surface area contributed by atoms with Gasteiger partial charge in [0, 0.05) is 40.8 Å². The fourth-order valence-electron chi connectivity index (χ4n) is 1.75. The molecule has 0 bridgehead atoms. The molecular formula is C11H17N3O2S. The van der Waals surface area contributed by atoms with Crippen LogP contribution in [-0.2, 0) is 10.8 Å². The van der Waals surface area contributed by atoms with Crippen molar-refractivity contribution in [1.82, 2.24) is 9.97 Å². The molecule has 0 spiro atoms. The molecule has 2 rings (SSSR count). The average Bonchev–Trinajstić information content (AvgIpc) is 2.97. The van der Waals surface area contributed by atoms with Crippen molar-refractivity contribution < 1.29 is 4.21 Å². The number of rotatable bonds is 5. The predicted molar refractivity (Wildman–Crippen MR) is 68.9 cm³/mol. The van der Waals surface area contributed by atoms with Crippen LogP contribution in [0.25, 0.3) is 0 Å². The Hall–Kier alpha value is -1.17. The molecule has 1 aliphatic rings. The third-order valence-electron chi connectivity index (χ3n) is 2.60. The van der Waals surface area contributed by atoms with Crippen molar-refractivity contribution in [2.75, 3.05) is 17.3 Å². The molecule has 0 aromatic carbocycles. The maximum absolute atomic E-state index is 11.5. The van der Waals surface area contributed by atoms with Gasteiger partial charge >= 0.3 is 0 Å². The minimum absolute atomic E-state index is 0.0437. The Bertz CT molecular complexity index is 482. The fraction of sp³-hybridized carbons (Fsp3) is 0.636. The summed E-state index contributed by atoms with van der Waals surface area (Å²) in [7, 11) is -0.853. The minimum atomic E-state index is -0.853. The van der Waals surface area contributed by atoms with Crippen molar-refractivity contribution in [2.24, 2.45) is 0 Å². The third kappa shape index (κ3) is 3.66. The van der Waals surface area contributed by atoms with Gasteiger partial charge in [-0.15, -0.1) is 0 Å². The van der Waals surface area contributed by atoms with E-state index in [-0.39, 0.29) is 11.6 Å². The van der Waals surface area contributed by atoms with E-state index in [1.54, 1.807) is 6.26 Å². The molecule has 1 saturated carbocycles. The monoisotopic (exact) mass is 255 g/mol. The molecule has 1 aromatic rings. The van der Waals surface area contributed by atoms with E-state index in [0.29, 0.717) is 17.5 Å². The van der Waals surface area contributed by atoms with E-state index in [4.69, 9.17) is 0 Å². The lowest BCUT2D eigenvalue weighted by molar-refractivity contribution is 0.682.